The molecule has 2 rings (SSSR count). The third kappa shape index (κ3) is 2.92. The number of nitrogens with two attached hydrogens (primary N) is 1. The van der Waals surface area contributed by atoms with E-state index in [0.717, 1.165) is 0 Å². The molecule has 0 amide bonds. The summed E-state index contributed by atoms with van der Waals surface area (Å²) in [5.41, 5.74) is 6.53. The molecule has 0 heterocycles. The highest BCUT2D eigenvalue weighted by Crippen LogP contribution is 2.26. The van der Waals surface area contributed by atoms with Crippen LogP contribution in [0.15, 0.2) is 51.8 Å². The van der Waals surface area contributed by atoms with E-state index in [1.54, 1.807) is 18.2 Å². The predicted octanol–water partition coefficient (Wildman–Crippen LogP) is 2.70. The van der Waals surface area contributed by atoms with Crippen molar-refractivity contribution in [3.63, 3.8) is 0 Å². The number of sulfonamides is 1. The molecule has 0 aromatic heterocycles. The molecule has 0 spiro atoms. The van der Waals surface area contributed by atoms with Crippen LogP contribution in [0, 0.1) is 11.3 Å². The summed E-state index contributed by atoms with van der Waals surface area (Å²) in [6.45, 7) is 0. The van der Waals surface area contributed by atoms with Crippen LogP contribution in [-0.4, -0.2) is 8.42 Å². The number of hydrogen-bond donors (Lipinski definition) is 2. The molecule has 0 saturated carbocycles. The van der Waals surface area contributed by atoms with E-state index in [9.17, 15) is 8.42 Å². The Hall–Kier alpha value is -2.04. The maximum absolute atomic E-state index is 12.3. The Morgan fingerprint density at radius 1 is 1.20 bits per heavy atom. The Bertz CT molecular complexity index is 798. The molecule has 0 bridgehead atoms. The van der Waals surface area contributed by atoms with Gasteiger partial charge in [-0.2, -0.15) is 5.26 Å². The molecule has 20 heavy (non-hydrogen) atoms. The number of nitriles is 1. The molecule has 7 heteroatoms. The zero-order valence-corrected chi connectivity index (χ0v) is 12.6. The van der Waals surface area contributed by atoms with Crippen molar-refractivity contribution >= 4 is 37.3 Å². The average Bonchev–Trinajstić information content (AvgIpc) is 2.41. The van der Waals surface area contributed by atoms with Crippen molar-refractivity contribution in [3.05, 3.63) is 52.5 Å². The fourth-order valence-electron chi connectivity index (χ4n) is 1.59. The molecule has 0 unspecified atom stereocenters. The lowest BCUT2D eigenvalue weighted by Crippen LogP contribution is -2.14. The normalized spacial score (nSPS) is 10.8. The average molecular weight is 352 g/mol. The largest absolute Gasteiger partial charge is 0.397 e. The van der Waals surface area contributed by atoms with Gasteiger partial charge >= 0.3 is 0 Å². The van der Waals surface area contributed by atoms with E-state index in [-0.39, 0.29) is 16.3 Å². The molecular weight excluding hydrogens is 342 g/mol. The van der Waals surface area contributed by atoms with Crippen molar-refractivity contribution in [3.8, 4) is 6.07 Å². The van der Waals surface area contributed by atoms with Gasteiger partial charge in [-0.15, -0.1) is 0 Å². The summed E-state index contributed by atoms with van der Waals surface area (Å²) in [5.74, 6) is 0. The van der Waals surface area contributed by atoms with E-state index in [1.807, 2.05) is 6.07 Å². The van der Waals surface area contributed by atoms with Gasteiger partial charge in [-0.05, 0) is 46.3 Å². The number of nitrogens with zero attached hydrogens (tertiary/aromatic N) is 1. The Kier molecular flexibility index (Phi) is 3.97. The van der Waals surface area contributed by atoms with Gasteiger partial charge in [0.05, 0.1) is 23.0 Å². The number of benzene rings is 2. The second kappa shape index (κ2) is 5.53. The van der Waals surface area contributed by atoms with Crippen LogP contribution in [0.2, 0.25) is 0 Å². The molecule has 0 saturated heterocycles. The highest BCUT2D eigenvalue weighted by Gasteiger charge is 2.18. The smallest absolute Gasteiger partial charge is 0.263 e. The Morgan fingerprint density at radius 3 is 2.50 bits per heavy atom. The van der Waals surface area contributed by atoms with Gasteiger partial charge in [0.1, 0.15) is 4.90 Å². The van der Waals surface area contributed by atoms with Crippen LogP contribution in [0.4, 0.5) is 11.4 Å². The number of nitrogen functional groups attached to an aromatic ring is 1. The summed E-state index contributed by atoms with van der Waals surface area (Å²) in [6, 6.07) is 12.8. The van der Waals surface area contributed by atoms with E-state index in [1.165, 1.54) is 24.3 Å². The Balaban J connectivity index is 2.40. The lowest BCUT2D eigenvalue weighted by molar-refractivity contribution is 0.601. The quantitative estimate of drug-likeness (QED) is 0.830. The van der Waals surface area contributed by atoms with Gasteiger partial charge in [-0.25, -0.2) is 8.42 Å². The first-order chi connectivity index (χ1) is 9.44. The molecule has 0 atom stereocenters. The molecule has 2 aromatic rings. The summed E-state index contributed by atoms with van der Waals surface area (Å²) in [6.07, 6.45) is 0. The highest BCUT2D eigenvalue weighted by atomic mass is 79.9. The number of rotatable bonds is 3. The molecule has 2 aromatic carbocycles. The molecule has 0 fully saturated rings. The molecule has 0 aliphatic carbocycles. The number of hydrogen-bond acceptors (Lipinski definition) is 4. The second-order valence-electron chi connectivity index (χ2n) is 3.95. The Labute approximate surface area is 125 Å². The standard InChI is InChI=1S/C13H10BrN3O2S/c14-10-3-1-2-4-13(10)20(18,19)17-12-6-5-9(8-15)7-11(12)16/h1-7,17H,16H2. The van der Waals surface area contributed by atoms with Gasteiger partial charge in [0.25, 0.3) is 10.0 Å². The molecule has 3 N–H and O–H groups in total. The number of nitrogens with one attached hydrogen (secondary N) is 1. The van der Waals surface area contributed by atoms with Crippen molar-refractivity contribution in [1.29, 1.82) is 5.26 Å². The van der Waals surface area contributed by atoms with Gasteiger partial charge in [0.2, 0.25) is 0 Å². The summed E-state index contributed by atoms with van der Waals surface area (Å²) < 4.78 is 27.4. The van der Waals surface area contributed by atoms with Crippen molar-refractivity contribution < 1.29 is 8.42 Å². The highest BCUT2D eigenvalue weighted by molar-refractivity contribution is 9.10. The molecule has 102 valence electrons. The molecule has 0 aliphatic heterocycles. The van der Waals surface area contributed by atoms with Crippen LogP contribution in [-0.2, 0) is 10.0 Å². The second-order valence-corrected chi connectivity index (χ2v) is 6.45. The van der Waals surface area contributed by atoms with Crippen molar-refractivity contribution in [2.24, 2.45) is 0 Å². The fraction of sp³-hybridized carbons (Fsp3) is 0. The topological polar surface area (TPSA) is 96.0 Å². The molecular formula is C13H10BrN3O2S. The van der Waals surface area contributed by atoms with Gasteiger partial charge < -0.3 is 5.73 Å². The van der Waals surface area contributed by atoms with Gasteiger partial charge in [-0.3, -0.25) is 4.72 Å². The minimum absolute atomic E-state index is 0.115. The number of anilines is 2. The van der Waals surface area contributed by atoms with Crippen LogP contribution < -0.4 is 10.5 Å². The Morgan fingerprint density at radius 2 is 1.90 bits per heavy atom. The van der Waals surface area contributed by atoms with Crippen LogP contribution in [0.3, 0.4) is 0 Å². The fourth-order valence-corrected chi connectivity index (χ4v) is 3.68. The first-order valence-corrected chi connectivity index (χ1v) is 7.78. The number of halogens is 1. The monoisotopic (exact) mass is 351 g/mol. The summed E-state index contributed by atoms with van der Waals surface area (Å²) >= 11 is 3.19. The minimum atomic E-state index is -3.75. The summed E-state index contributed by atoms with van der Waals surface area (Å²) in [5, 5.41) is 8.75. The lowest BCUT2D eigenvalue weighted by Gasteiger charge is -2.11. The van der Waals surface area contributed by atoms with E-state index in [2.05, 4.69) is 20.7 Å². The third-order valence-electron chi connectivity index (χ3n) is 2.55. The van der Waals surface area contributed by atoms with Crippen LogP contribution in [0.1, 0.15) is 5.56 Å². The first-order valence-electron chi connectivity index (χ1n) is 5.51. The van der Waals surface area contributed by atoms with Crippen molar-refractivity contribution in [1.82, 2.24) is 0 Å². The van der Waals surface area contributed by atoms with Crippen molar-refractivity contribution in [2.75, 3.05) is 10.5 Å². The first kappa shape index (κ1) is 14.4. The maximum atomic E-state index is 12.3. The molecule has 0 radical (unpaired) electrons. The SMILES string of the molecule is N#Cc1ccc(NS(=O)(=O)c2ccccc2Br)c(N)c1. The van der Waals surface area contributed by atoms with Crippen LogP contribution >= 0.6 is 15.9 Å². The summed E-state index contributed by atoms with van der Waals surface area (Å²) in [7, 11) is -3.75. The van der Waals surface area contributed by atoms with E-state index in [4.69, 9.17) is 11.0 Å². The third-order valence-corrected chi connectivity index (χ3v) is 4.93. The van der Waals surface area contributed by atoms with E-state index >= 15 is 0 Å². The summed E-state index contributed by atoms with van der Waals surface area (Å²) in [4.78, 5) is 0.115. The van der Waals surface area contributed by atoms with Gasteiger partial charge in [0.15, 0.2) is 0 Å². The van der Waals surface area contributed by atoms with Gasteiger partial charge in [-0.1, -0.05) is 12.1 Å². The maximum Gasteiger partial charge on any atom is 0.263 e. The molecule has 5 nitrogen and oxygen atoms in total. The lowest BCUT2D eigenvalue weighted by atomic mass is 10.2. The zero-order valence-electron chi connectivity index (χ0n) is 10.2. The minimum Gasteiger partial charge on any atom is -0.397 e. The van der Waals surface area contributed by atoms with E-state index < -0.39 is 10.0 Å². The van der Waals surface area contributed by atoms with E-state index in [0.29, 0.717) is 10.0 Å². The predicted molar refractivity (Wildman–Crippen MR) is 80.5 cm³/mol. The molecule has 0 aliphatic rings. The van der Waals surface area contributed by atoms with Crippen molar-refractivity contribution in [2.45, 2.75) is 4.90 Å². The van der Waals surface area contributed by atoms with Crippen LogP contribution in [0.25, 0.3) is 0 Å². The zero-order chi connectivity index (χ0) is 14.8. The van der Waals surface area contributed by atoms with Crippen LogP contribution in [0.5, 0.6) is 0 Å². The van der Waals surface area contributed by atoms with Gasteiger partial charge in [0, 0.05) is 4.47 Å².